The number of hydrogen-bond acceptors (Lipinski definition) is 2. The molecule has 0 spiro atoms. The van der Waals surface area contributed by atoms with Gasteiger partial charge in [0.25, 0.3) is 0 Å². The van der Waals surface area contributed by atoms with Crippen LogP contribution >= 0.6 is 0 Å². The molecule has 1 aromatic carbocycles. The Balaban J connectivity index is 2.52. The Hall–Kier alpha value is -1.44. The summed E-state index contributed by atoms with van der Waals surface area (Å²) in [5, 5.41) is 0. The van der Waals surface area contributed by atoms with E-state index >= 15 is 0 Å². The minimum atomic E-state index is 0.738. The molecule has 94 valence electrons. The van der Waals surface area contributed by atoms with Gasteiger partial charge in [-0.15, -0.1) is 0 Å². The van der Waals surface area contributed by atoms with Crippen molar-refractivity contribution < 1.29 is 4.74 Å². The van der Waals surface area contributed by atoms with Gasteiger partial charge in [-0.2, -0.15) is 0 Å². The normalized spacial score (nSPS) is 11.4. The molecular weight excluding hydrogens is 210 g/mol. The molecule has 0 aromatic heterocycles. The van der Waals surface area contributed by atoms with Gasteiger partial charge in [-0.05, 0) is 31.9 Å². The first kappa shape index (κ1) is 13.6. The molecule has 2 heteroatoms. The maximum absolute atomic E-state index is 5.81. The third-order valence-corrected chi connectivity index (χ3v) is 2.77. The Kier molecular flexibility index (Phi) is 5.61. The lowest BCUT2D eigenvalue weighted by Gasteiger charge is -2.17. The van der Waals surface area contributed by atoms with Gasteiger partial charge in [0.05, 0.1) is 12.3 Å². The Bertz CT molecular complexity index is 369. The van der Waals surface area contributed by atoms with E-state index in [1.165, 1.54) is 5.57 Å². The summed E-state index contributed by atoms with van der Waals surface area (Å²) in [5.74, 6) is 0.958. The molecule has 17 heavy (non-hydrogen) atoms. The molecule has 0 aliphatic rings. The van der Waals surface area contributed by atoms with Gasteiger partial charge >= 0.3 is 0 Å². The molecule has 0 heterocycles. The number of benzene rings is 1. The van der Waals surface area contributed by atoms with E-state index in [9.17, 15) is 0 Å². The van der Waals surface area contributed by atoms with E-state index in [1.54, 1.807) is 0 Å². The molecule has 1 aromatic rings. The predicted molar refractivity (Wildman–Crippen MR) is 74.9 cm³/mol. The van der Waals surface area contributed by atoms with Gasteiger partial charge in [-0.25, -0.2) is 0 Å². The van der Waals surface area contributed by atoms with Crippen LogP contribution in [-0.2, 0) is 0 Å². The molecule has 0 saturated heterocycles. The number of nitrogens with zero attached hydrogens (tertiary/aromatic N) is 1. The van der Waals surface area contributed by atoms with Crippen molar-refractivity contribution in [2.75, 3.05) is 25.6 Å². The molecular formula is C15H23NO. The van der Waals surface area contributed by atoms with E-state index in [0.29, 0.717) is 0 Å². The molecule has 0 radical (unpaired) electrons. The van der Waals surface area contributed by atoms with Crippen LogP contribution in [0.1, 0.15) is 26.7 Å². The Morgan fingerprint density at radius 2 is 2.00 bits per heavy atom. The zero-order chi connectivity index (χ0) is 12.7. The Morgan fingerprint density at radius 1 is 1.29 bits per heavy atom. The average Bonchev–Trinajstić information content (AvgIpc) is 2.34. The molecule has 0 aliphatic carbocycles. The van der Waals surface area contributed by atoms with Crippen molar-refractivity contribution in [1.29, 1.82) is 0 Å². The minimum absolute atomic E-state index is 0.738. The van der Waals surface area contributed by atoms with E-state index in [4.69, 9.17) is 4.74 Å². The summed E-state index contributed by atoms with van der Waals surface area (Å²) in [7, 11) is 4.06. The Morgan fingerprint density at radius 3 is 2.65 bits per heavy atom. The van der Waals surface area contributed by atoms with Crippen LogP contribution in [-0.4, -0.2) is 20.7 Å². The summed E-state index contributed by atoms with van der Waals surface area (Å²) in [6, 6.07) is 8.13. The van der Waals surface area contributed by atoms with Gasteiger partial charge in [0, 0.05) is 14.1 Å². The summed E-state index contributed by atoms with van der Waals surface area (Å²) < 4.78 is 5.81. The topological polar surface area (TPSA) is 12.5 Å². The lowest BCUT2D eigenvalue weighted by atomic mass is 10.2. The third-order valence-electron chi connectivity index (χ3n) is 2.77. The van der Waals surface area contributed by atoms with Crippen LogP contribution in [0.15, 0.2) is 35.9 Å². The van der Waals surface area contributed by atoms with Crippen molar-refractivity contribution in [2.45, 2.75) is 26.7 Å². The van der Waals surface area contributed by atoms with Gasteiger partial charge in [-0.1, -0.05) is 30.7 Å². The van der Waals surface area contributed by atoms with E-state index in [0.717, 1.165) is 30.9 Å². The monoisotopic (exact) mass is 233 g/mol. The lowest BCUT2D eigenvalue weighted by Crippen LogP contribution is -2.10. The van der Waals surface area contributed by atoms with E-state index in [2.05, 4.69) is 30.9 Å². The minimum Gasteiger partial charge on any atom is -0.491 e. The molecule has 0 saturated carbocycles. The fraction of sp³-hybridized carbons (Fsp3) is 0.467. The second-order valence-electron chi connectivity index (χ2n) is 4.40. The third kappa shape index (κ3) is 4.51. The van der Waals surface area contributed by atoms with Crippen molar-refractivity contribution >= 4 is 5.69 Å². The van der Waals surface area contributed by atoms with Crippen LogP contribution in [0.3, 0.4) is 0 Å². The highest BCUT2D eigenvalue weighted by Gasteiger charge is 2.03. The van der Waals surface area contributed by atoms with E-state index in [1.807, 2.05) is 32.3 Å². The second-order valence-corrected chi connectivity index (χ2v) is 4.40. The van der Waals surface area contributed by atoms with Crippen LogP contribution < -0.4 is 9.64 Å². The summed E-state index contributed by atoms with van der Waals surface area (Å²) >= 11 is 0. The zero-order valence-corrected chi connectivity index (χ0v) is 11.4. The highest BCUT2D eigenvalue weighted by atomic mass is 16.5. The highest BCUT2D eigenvalue weighted by Crippen LogP contribution is 2.26. The van der Waals surface area contributed by atoms with E-state index in [-0.39, 0.29) is 0 Å². The molecule has 0 bridgehead atoms. The number of anilines is 1. The summed E-state index contributed by atoms with van der Waals surface area (Å²) in [4.78, 5) is 2.07. The largest absolute Gasteiger partial charge is 0.491 e. The fourth-order valence-electron chi connectivity index (χ4n) is 1.57. The van der Waals surface area contributed by atoms with Gasteiger partial charge in [0.2, 0.25) is 0 Å². The highest BCUT2D eigenvalue weighted by molar-refractivity contribution is 5.57. The van der Waals surface area contributed by atoms with Crippen LogP contribution in [0.2, 0.25) is 0 Å². The fourth-order valence-corrected chi connectivity index (χ4v) is 1.57. The SMILES string of the molecule is CC/C(C)=C/CCOc1ccccc1N(C)C. The number of para-hydroxylation sites is 2. The molecule has 0 fully saturated rings. The molecule has 1 rings (SSSR count). The van der Waals surface area contributed by atoms with Crippen molar-refractivity contribution in [1.82, 2.24) is 0 Å². The number of ether oxygens (including phenoxy) is 1. The van der Waals surface area contributed by atoms with Crippen molar-refractivity contribution in [3.8, 4) is 5.75 Å². The van der Waals surface area contributed by atoms with Gasteiger partial charge < -0.3 is 9.64 Å². The number of allylic oxidation sites excluding steroid dienone is 1. The zero-order valence-electron chi connectivity index (χ0n) is 11.4. The Labute approximate surface area is 105 Å². The predicted octanol–water partition coefficient (Wildman–Crippen LogP) is 3.88. The number of hydrogen-bond donors (Lipinski definition) is 0. The number of rotatable bonds is 6. The van der Waals surface area contributed by atoms with Crippen molar-refractivity contribution in [2.24, 2.45) is 0 Å². The standard InChI is InChI=1S/C15H23NO/c1-5-13(2)9-8-12-17-15-11-7-6-10-14(15)16(3)4/h6-7,9-11H,5,8,12H2,1-4H3/b13-9+. The summed E-state index contributed by atoms with van der Waals surface area (Å²) in [6.07, 6.45) is 4.34. The lowest BCUT2D eigenvalue weighted by molar-refractivity contribution is 0.325. The summed E-state index contributed by atoms with van der Waals surface area (Å²) in [5.41, 5.74) is 2.55. The maximum Gasteiger partial charge on any atom is 0.142 e. The van der Waals surface area contributed by atoms with Gasteiger partial charge in [-0.3, -0.25) is 0 Å². The molecule has 2 nitrogen and oxygen atoms in total. The molecule has 0 aliphatic heterocycles. The first-order valence-corrected chi connectivity index (χ1v) is 6.20. The van der Waals surface area contributed by atoms with Crippen LogP contribution in [0.25, 0.3) is 0 Å². The average molecular weight is 233 g/mol. The van der Waals surface area contributed by atoms with E-state index < -0.39 is 0 Å². The molecule has 0 atom stereocenters. The molecule has 0 amide bonds. The first-order valence-electron chi connectivity index (χ1n) is 6.20. The quantitative estimate of drug-likeness (QED) is 0.546. The molecule has 0 unspecified atom stereocenters. The van der Waals surface area contributed by atoms with Crippen LogP contribution in [0, 0.1) is 0 Å². The van der Waals surface area contributed by atoms with Gasteiger partial charge in [0.15, 0.2) is 0 Å². The maximum atomic E-state index is 5.81. The van der Waals surface area contributed by atoms with Crippen molar-refractivity contribution in [3.05, 3.63) is 35.9 Å². The van der Waals surface area contributed by atoms with Crippen LogP contribution in [0.5, 0.6) is 5.75 Å². The van der Waals surface area contributed by atoms with Crippen molar-refractivity contribution in [3.63, 3.8) is 0 Å². The van der Waals surface area contributed by atoms with Crippen LogP contribution in [0.4, 0.5) is 5.69 Å². The van der Waals surface area contributed by atoms with Gasteiger partial charge in [0.1, 0.15) is 5.75 Å². The molecule has 0 N–H and O–H groups in total. The smallest absolute Gasteiger partial charge is 0.142 e. The second kappa shape index (κ2) is 7.00. The first-order chi connectivity index (χ1) is 8.15. The summed E-state index contributed by atoms with van der Waals surface area (Å²) in [6.45, 7) is 5.07.